The molecule has 3 N–H and O–H groups in total. The smallest absolute Gasteiger partial charge is 0.237 e. The van der Waals surface area contributed by atoms with Gasteiger partial charge in [0.25, 0.3) is 0 Å². The number of ether oxygens (including phenoxy) is 3. The average Bonchev–Trinajstić information content (AvgIpc) is 2.82. The van der Waals surface area contributed by atoms with Crippen LogP contribution in [0, 0.1) is 0 Å². The van der Waals surface area contributed by atoms with Crippen molar-refractivity contribution in [2.75, 3.05) is 21.3 Å². The Hall–Kier alpha value is -3.03. The molecular weight excluding hydrogens is 324 g/mol. The molecule has 0 saturated carbocycles. The molecular formula is C17H20N4O4. The summed E-state index contributed by atoms with van der Waals surface area (Å²) in [5.74, 6) is 1.67. The Bertz CT molecular complexity index is 773. The van der Waals surface area contributed by atoms with Crippen LogP contribution in [-0.2, 0) is 4.79 Å². The summed E-state index contributed by atoms with van der Waals surface area (Å²) in [6.07, 6.45) is 2.43. The second-order valence-electron chi connectivity index (χ2n) is 5.72. The fraction of sp³-hybridized carbons (Fsp3) is 0.353. The lowest BCUT2D eigenvalue weighted by Gasteiger charge is -2.25. The van der Waals surface area contributed by atoms with Gasteiger partial charge >= 0.3 is 0 Å². The average molecular weight is 344 g/mol. The van der Waals surface area contributed by atoms with Crippen LogP contribution in [0.4, 0.5) is 0 Å². The third-order valence-corrected chi connectivity index (χ3v) is 4.30. The minimum Gasteiger partial charge on any atom is -0.493 e. The molecule has 132 valence electrons. The summed E-state index contributed by atoms with van der Waals surface area (Å²) in [6, 6.07) is 3.74. The van der Waals surface area contributed by atoms with Crippen molar-refractivity contribution >= 4 is 18.0 Å². The summed E-state index contributed by atoms with van der Waals surface area (Å²) >= 11 is 0. The highest BCUT2D eigenvalue weighted by Crippen LogP contribution is 2.43. The van der Waals surface area contributed by atoms with E-state index in [9.17, 15) is 4.79 Å². The van der Waals surface area contributed by atoms with E-state index in [1.165, 1.54) is 6.21 Å². The first kappa shape index (κ1) is 16.8. The standard InChI is InChI=1S/C17H20N4O4/c1-23-14-6-10(7-15(24-2)16(14)25-3)9-4-12-11(13(22)5-9)8-19-17(18)21-20-12/h6-9,20H,4-5H2,1-3H3,(H2,18,21). The number of nitrogens with zero attached hydrogens (tertiary/aromatic N) is 2. The van der Waals surface area contributed by atoms with E-state index in [0.717, 1.165) is 5.56 Å². The van der Waals surface area contributed by atoms with E-state index in [0.29, 0.717) is 41.4 Å². The largest absolute Gasteiger partial charge is 0.493 e. The first-order valence-corrected chi connectivity index (χ1v) is 7.76. The number of hydrogen-bond donors (Lipinski definition) is 2. The van der Waals surface area contributed by atoms with Crippen molar-refractivity contribution in [1.82, 2.24) is 5.43 Å². The van der Waals surface area contributed by atoms with Crippen molar-refractivity contribution in [3.8, 4) is 17.2 Å². The first-order valence-electron chi connectivity index (χ1n) is 7.76. The number of allylic oxidation sites excluding steroid dienone is 2. The number of ketones is 1. The van der Waals surface area contributed by atoms with Crippen LogP contribution in [0.25, 0.3) is 0 Å². The minimum absolute atomic E-state index is 0.0128. The third kappa shape index (κ3) is 3.15. The lowest BCUT2D eigenvalue weighted by Crippen LogP contribution is -2.24. The zero-order chi connectivity index (χ0) is 18.0. The number of carbonyl (C=O) groups is 1. The van der Waals surface area contributed by atoms with Crippen molar-refractivity contribution in [3.63, 3.8) is 0 Å². The second-order valence-corrected chi connectivity index (χ2v) is 5.72. The zero-order valence-electron chi connectivity index (χ0n) is 14.3. The Morgan fingerprint density at radius 1 is 1.12 bits per heavy atom. The Balaban J connectivity index is 1.97. The van der Waals surface area contributed by atoms with E-state index in [1.807, 2.05) is 12.1 Å². The number of Topliss-reactive ketones (excluding diaryl/α,β-unsaturated/α-hetero) is 1. The van der Waals surface area contributed by atoms with Crippen molar-refractivity contribution in [2.24, 2.45) is 15.8 Å². The van der Waals surface area contributed by atoms with Crippen LogP contribution in [0.1, 0.15) is 24.3 Å². The van der Waals surface area contributed by atoms with Gasteiger partial charge in [-0.05, 0) is 30.0 Å². The molecule has 1 aliphatic carbocycles. The molecule has 3 rings (SSSR count). The van der Waals surface area contributed by atoms with Crippen molar-refractivity contribution in [3.05, 3.63) is 29.0 Å². The molecule has 0 saturated heterocycles. The first-order chi connectivity index (χ1) is 12.1. The molecule has 0 fully saturated rings. The Kier molecular flexibility index (Phi) is 4.60. The molecule has 1 aromatic rings. The minimum atomic E-state index is -0.0459. The molecule has 0 spiro atoms. The molecule has 1 heterocycles. The number of rotatable bonds is 4. The van der Waals surface area contributed by atoms with E-state index in [2.05, 4.69) is 15.5 Å². The van der Waals surface area contributed by atoms with Gasteiger partial charge in [0, 0.05) is 18.3 Å². The van der Waals surface area contributed by atoms with Gasteiger partial charge in [0.2, 0.25) is 11.7 Å². The van der Waals surface area contributed by atoms with Gasteiger partial charge < -0.3 is 19.9 Å². The Morgan fingerprint density at radius 2 is 1.80 bits per heavy atom. The molecule has 0 aromatic heterocycles. The zero-order valence-corrected chi connectivity index (χ0v) is 14.3. The SMILES string of the molecule is COc1cc(C2CC(=O)C3=C(C2)NN=C(N)N=C3)cc(OC)c1OC. The maximum atomic E-state index is 12.5. The van der Waals surface area contributed by atoms with Gasteiger partial charge in [-0.15, -0.1) is 5.10 Å². The molecule has 1 aliphatic heterocycles. The number of guanidine groups is 1. The van der Waals surface area contributed by atoms with Gasteiger partial charge in [0.05, 0.1) is 26.9 Å². The maximum absolute atomic E-state index is 12.5. The molecule has 0 bridgehead atoms. The number of benzene rings is 1. The Morgan fingerprint density at radius 3 is 2.40 bits per heavy atom. The van der Waals surface area contributed by atoms with Crippen LogP contribution in [0.3, 0.4) is 0 Å². The number of nitrogens with one attached hydrogen (secondary N) is 1. The molecule has 2 aliphatic rings. The molecule has 8 nitrogen and oxygen atoms in total. The maximum Gasteiger partial charge on any atom is 0.237 e. The van der Waals surface area contributed by atoms with Gasteiger partial charge in [-0.1, -0.05) is 0 Å². The third-order valence-electron chi connectivity index (χ3n) is 4.30. The Labute approximate surface area is 145 Å². The fourth-order valence-corrected chi connectivity index (χ4v) is 3.04. The molecule has 1 aromatic carbocycles. The molecule has 1 atom stereocenters. The summed E-state index contributed by atoms with van der Waals surface area (Å²) in [5, 5.41) is 3.93. The van der Waals surface area contributed by atoms with Gasteiger partial charge in [0.1, 0.15) is 0 Å². The summed E-state index contributed by atoms with van der Waals surface area (Å²) in [7, 11) is 4.68. The number of hydrazone groups is 1. The predicted octanol–water partition coefficient (Wildman–Crippen LogP) is 1.32. The van der Waals surface area contributed by atoms with E-state index < -0.39 is 0 Å². The second kappa shape index (κ2) is 6.84. The lowest BCUT2D eigenvalue weighted by molar-refractivity contribution is -0.115. The van der Waals surface area contributed by atoms with Crippen LogP contribution in [-0.4, -0.2) is 39.3 Å². The summed E-state index contributed by atoms with van der Waals surface area (Å²) in [6.45, 7) is 0. The fourth-order valence-electron chi connectivity index (χ4n) is 3.04. The predicted molar refractivity (Wildman–Crippen MR) is 93.4 cm³/mol. The lowest BCUT2D eigenvalue weighted by atomic mass is 9.82. The molecule has 8 heteroatoms. The number of nitrogens with two attached hydrogens (primary N) is 1. The van der Waals surface area contributed by atoms with Crippen molar-refractivity contribution < 1.29 is 19.0 Å². The topological polar surface area (TPSA) is 108 Å². The summed E-state index contributed by atoms with van der Waals surface area (Å²) < 4.78 is 16.1. The van der Waals surface area contributed by atoms with E-state index in [4.69, 9.17) is 19.9 Å². The summed E-state index contributed by atoms with van der Waals surface area (Å²) in [5.41, 5.74) is 10.6. The van der Waals surface area contributed by atoms with Gasteiger partial charge in [-0.25, -0.2) is 4.99 Å². The quantitative estimate of drug-likeness (QED) is 0.853. The monoisotopic (exact) mass is 344 g/mol. The number of hydrogen-bond acceptors (Lipinski definition) is 8. The normalized spacial score (nSPS) is 19.6. The summed E-state index contributed by atoms with van der Waals surface area (Å²) in [4.78, 5) is 16.5. The van der Waals surface area contributed by atoms with Crippen molar-refractivity contribution in [1.29, 1.82) is 0 Å². The van der Waals surface area contributed by atoms with Gasteiger partial charge in [0.15, 0.2) is 17.3 Å². The van der Waals surface area contributed by atoms with Crippen LogP contribution < -0.4 is 25.4 Å². The highest BCUT2D eigenvalue weighted by molar-refractivity contribution is 6.16. The van der Waals surface area contributed by atoms with E-state index in [1.54, 1.807) is 21.3 Å². The van der Waals surface area contributed by atoms with E-state index in [-0.39, 0.29) is 17.7 Å². The molecule has 0 radical (unpaired) electrons. The van der Waals surface area contributed by atoms with Gasteiger partial charge in [-0.3, -0.25) is 10.2 Å². The highest BCUT2D eigenvalue weighted by Gasteiger charge is 2.30. The molecule has 0 amide bonds. The van der Waals surface area contributed by atoms with Gasteiger partial charge in [-0.2, -0.15) is 0 Å². The molecule has 1 unspecified atom stereocenters. The number of carbonyl (C=O) groups excluding carboxylic acids is 1. The highest BCUT2D eigenvalue weighted by atomic mass is 16.5. The van der Waals surface area contributed by atoms with Crippen LogP contribution in [0.5, 0.6) is 17.2 Å². The molecule has 25 heavy (non-hydrogen) atoms. The number of aliphatic imine (C=N–C) groups is 1. The van der Waals surface area contributed by atoms with Crippen LogP contribution in [0.2, 0.25) is 0 Å². The van der Waals surface area contributed by atoms with Crippen molar-refractivity contribution in [2.45, 2.75) is 18.8 Å². The number of methoxy groups -OCH3 is 3. The van der Waals surface area contributed by atoms with E-state index >= 15 is 0 Å². The van der Waals surface area contributed by atoms with Crippen LogP contribution >= 0.6 is 0 Å². The van der Waals surface area contributed by atoms with Crippen LogP contribution in [0.15, 0.2) is 33.5 Å².